The average molecular weight is 401 g/mol. The molecule has 0 radical (unpaired) electrons. The highest BCUT2D eigenvalue weighted by Crippen LogP contribution is 2.40. The molecule has 0 fully saturated rings. The molecule has 144 valence electrons. The Bertz CT molecular complexity index is 1150. The number of nitrogens with zero attached hydrogens (tertiary/aromatic N) is 2. The van der Waals surface area contributed by atoms with Gasteiger partial charge in [0.2, 0.25) is 5.13 Å². The third-order valence-corrected chi connectivity index (χ3v) is 5.52. The number of methoxy groups -OCH3 is 1. The lowest BCUT2D eigenvalue weighted by Crippen LogP contribution is -1.86. The van der Waals surface area contributed by atoms with Crippen LogP contribution in [0.5, 0.6) is 11.5 Å². The average Bonchev–Trinajstić information content (AvgIpc) is 3.18. The Morgan fingerprint density at radius 1 is 0.966 bits per heavy atom. The number of benzene rings is 3. The van der Waals surface area contributed by atoms with Crippen LogP contribution in [-0.4, -0.2) is 23.4 Å². The van der Waals surface area contributed by atoms with Crippen LogP contribution in [0, 0.1) is 6.92 Å². The Kier molecular flexibility index (Phi) is 5.40. The van der Waals surface area contributed by atoms with Crippen molar-refractivity contribution >= 4 is 22.7 Å². The predicted octanol–water partition coefficient (Wildman–Crippen LogP) is 6.25. The minimum Gasteiger partial charge on any atom is -0.504 e. The second kappa shape index (κ2) is 8.29. The highest BCUT2D eigenvalue weighted by atomic mass is 32.1. The van der Waals surface area contributed by atoms with E-state index in [9.17, 15) is 5.11 Å². The van der Waals surface area contributed by atoms with E-state index < -0.39 is 0 Å². The van der Waals surface area contributed by atoms with Gasteiger partial charge in [0, 0.05) is 11.8 Å². The third-order valence-electron chi connectivity index (χ3n) is 4.50. The predicted molar refractivity (Wildman–Crippen MR) is 120 cm³/mol. The molecule has 0 atom stereocenters. The molecule has 1 N–H and O–H groups in total. The van der Waals surface area contributed by atoms with E-state index in [0.717, 1.165) is 27.3 Å². The van der Waals surface area contributed by atoms with Gasteiger partial charge < -0.3 is 9.84 Å². The summed E-state index contributed by atoms with van der Waals surface area (Å²) >= 11 is 1.55. The van der Waals surface area contributed by atoms with Crippen LogP contribution in [0.2, 0.25) is 0 Å². The molecule has 0 spiro atoms. The number of aromatic nitrogens is 1. The zero-order valence-electron chi connectivity index (χ0n) is 16.2. The quantitative estimate of drug-likeness (QED) is 0.403. The van der Waals surface area contributed by atoms with Gasteiger partial charge in [-0.2, -0.15) is 0 Å². The van der Waals surface area contributed by atoms with Crippen molar-refractivity contribution in [2.24, 2.45) is 4.99 Å². The van der Waals surface area contributed by atoms with Crippen LogP contribution in [0.25, 0.3) is 21.7 Å². The summed E-state index contributed by atoms with van der Waals surface area (Å²) in [5, 5.41) is 10.4. The highest BCUT2D eigenvalue weighted by Gasteiger charge is 2.14. The molecule has 1 heterocycles. The van der Waals surface area contributed by atoms with E-state index in [2.05, 4.69) is 48.3 Å². The van der Waals surface area contributed by atoms with E-state index in [-0.39, 0.29) is 5.75 Å². The summed E-state index contributed by atoms with van der Waals surface area (Å²) in [6.45, 7) is 2.07. The molecule has 0 aliphatic carbocycles. The number of aromatic hydroxyl groups is 1. The van der Waals surface area contributed by atoms with Crippen molar-refractivity contribution < 1.29 is 9.84 Å². The number of phenolic OH excluding ortho intramolecular Hbond substituents is 1. The lowest BCUT2D eigenvalue weighted by Gasteiger charge is -2.03. The van der Waals surface area contributed by atoms with E-state index in [1.165, 1.54) is 12.7 Å². The maximum absolute atomic E-state index is 9.75. The molecule has 4 rings (SSSR count). The largest absolute Gasteiger partial charge is 0.504 e. The van der Waals surface area contributed by atoms with E-state index in [0.29, 0.717) is 10.9 Å². The molecule has 3 aromatic carbocycles. The molecule has 29 heavy (non-hydrogen) atoms. The topological polar surface area (TPSA) is 54.7 Å². The van der Waals surface area contributed by atoms with Crippen LogP contribution in [0.15, 0.2) is 77.8 Å². The van der Waals surface area contributed by atoms with E-state index in [4.69, 9.17) is 9.72 Å². The third kappa shape index (κ3) is 4.20. The summed E-state index contributed by atoms with van der Waals surface area (Å²) in [5.74, 6) is 0.519. The molecule has 0 saturated heterocycles. The standard InChI is InChI=1S/C24H20N2O2S/c1-16-8-11-18(12-9-16)22-23(19-6-4-3-5-7-19)29-24(26-22)25-15-17-10-13-20(27)21(14-17)28-2/h3-15,27H,1-2H3. The molecular formula is C24H20N2O2S. The van der Waals surface area contributed by atoms with Gasteiger partial charge >= 0.3 is 0 Å². The fraction of sp³-hybridized carbons (Fsp3) is 0.0833. The molecule has 0 aliphatic rings. The maximum Gasteiger partial charge on any atom is 0.210 e. The van der Waals surface area contributed by atoms with Crippen molar-refractivity contribution in [3.8, 4) is 33.2 Å². The van der Waals surface area contributed by atoms with E-state index in [1.807, 2.05) is 18.2 Å². The van der Waals surface area contributed by atoms with Crippen LogP contribution in [0.3, 0.4) is 0 Å². The van der Waals surface area contributed by atoms with Gasteiger partial charge in [0.05, 0.1) is 17.7 Å². The molecule has 0 amide bonds. The van der Waals surface area contributed by atoms with E-state index >= 15 is 0 Å². The second-order valence-corrected chi connectivity index (χ2v) is 7.57. The summed E-state index contributed by atoms with van der Waals surface area (Å²) in [6.07, 6.45) is 1.73. The number of phenols is 1. The number of aliphatic imine (C=N–C) groups is 1. The van der Waals surface area contributed by atoms with Crippen molar-refractivity contribution in [3.63, 3.8) is 0 Å². The molecule has 0 saturated carbocycles. The molecule has 4 aromatic rings. The number of hydrogen-bond acceptors (Lipinski definition) is 5. The van der Waals surface area contributed by atoms with Gasteiger partial charge in [-0.1, -0.05) is 71.5 Å². The zero-order valence-corrected chi connectivity index (χ0v) is 17.0. The molecule has 0 unspecified atom stereocenters. The Hall–Kier alpha value is -3.44. The first-order chi connectivity index (χ1) is 14.1. The zero-order chi connectivity index (χ0) is 20.2. The highest BCUT2D eigenvalue weighted by molar-refractivity contribution is 7.19. The summed E-state index contributed by atoms with van der Waals surface area (Å²) in [4.78, 5) is 10.5. The fourth-order valence-electron chi connectivity index (χ4n) is 2.96. The Morgan fingerprint density at radius 3 is 2.45 bits per heavy atom. The molecule has 4 nitrogen and oxygen atoms in total. The molecular weight excluding hydrogens is 380 g/mol. The lowest BCUT2D eigenvalue weighted by atomic mass is 10.1. The summed E-state index contributed by atoms with van der Waals surface area (Å²) in [7, 11) is 1.52. The van der Waals surface area contributed by atoms with Crippen LogP contribution >= 0.6 is 11.3 Å². The van der Waals surface area contributed by atoms with Gasteiger partial charge in [-0.25, -0.2) is 9.98 Å². The summed E-state index contributed by atoms with van der Waals surface area (Å²) in [5.41, 5.74) is 5.15. The normalized spacial score (nSPS) is 11.1. The number of rotatable bonds is 5. The van der Waals surface area contributed by atoms with Gasteiger partial charge in [-0.15, -0.1) is 0 Å². The van der Waals surface area contributed by atoms with Crippen molar-refractivity contribution in [2.45, 2.75) is 6.92 Å². The van der Waals surface area contributed by atoms with Gasteiger partial charge in [-0.05, 0) is 36.2 Å². The van der Waals surface area contributed by atoms with Crippen molar-refractivity contribution in [2.75, 3.05) is 7.11 Å². The second-order valence-electron chi connectivity index (χ2n) is 6.60. The Labute approximate surface area is 173 Å². The molecule has 5 heteroatoms. The SMILES string of the molecule is COc1cc(C=Nc2nc(-c3ccc(C)cc3)c(-c3ccccc3)s2)ccc1O. The smallest absolute Gasteiger partial charge is 0.210 e. The Balaban J connectivity index is 1.74. The lowest BCUT2D eigenvalue weighted by molar-refractivity contribution is 0.373. The summed E-state index contributed by atoms with van der Waals surface area (Å²) < 4.78 is 5.16. The first-order valence-corrected chi connectivity index (χ1v) is 10.00. The van der Waals surface area contributed by atoms with Crippen LogP contribution < -0.4 is 4.74 Å². The fourth-order valence-corrected chi connectivity index (χ4v) is 3.90. The van der Waals surface area contributed by atoms with Crippen LogP contribution in [0.1, 0.15) is 11.1 Å². The Morgan fingerprint density at radius 2 is 1.72 bits per heavy atom. The number of aryl methyl sites for hydroxylation is 1. The number of hydrogen-bond donors (Lipinski definition) is 1. The minimum absolute atomic E-state index is 0.104. The first kappa shape index (κ1) is 18.9. The van der Waals surface area contributed by atoms with Gasteiger partial charge in [0.15, 0.2) is 11.5 Å². The first-order valence-electron chi connectivity index (χ1n) is 9.18. The van der Waals surface area contributed by atoms with Crippen LogP contribution in [0.4, 0.5) is 5.13 Å². The molecule has 1 aromatic heterocycles. The molecule has 0 aliphatic heterocycles. The monoisotopic (exact) mass is 400 g/mol. The molecule has 0 bridgehead atoms. The van der Waals surface area contributed by atoms with Crippen molar-refractivity contribution in [3.05, 3.63) is 83.9 Å². The van der Waals surface area contributed by atoms with Crippen molar-refractivity contribution in [1.82, 2.24) is 4.98 Å². The number of ether oxygens (including phenoxy) is 1. The number of thiazole rings is 1. The summed E-state index contributed by atoms with van der Waals surface area (Å²) in [6, 6.07) is 23.7. The van der Waals surface area contributed by atoms with Crippen LogP contribution in [-0.2, 0) is 0 Å². The minimum atomic E-state index is 0.104. The van der Waals surface area contributed by atoms with Gasteiger partial charge in [0.1, 0.15) is 0 Å². The van der Waals surface area contributed by atoms with Gasteiger partial charge in [-0.3, -0.25) is 0 Å². The van der Waals surface area contributed by atoms with Gasteiger partial charge in [0.25, 0.3) is 0 Å². The maximum atomic E-state index is 9.75. The van der Waals surface area contributed by atoms with Crippen molar-refractivity contribution in [1.29, 1.82) is 0 Å². The van der Waals surface area contributed by atoms with E-state index in [1.54, 1.807) is 35.8 Å².